The third kappa shape index (κ3) is 5.09. The predicted octanol–water partition coefficient (Wildman–Crippen LogP) is 5.66. The van der Waals surface area contributed by atoms with Crippen molar-refractivity contribution in [3.8, 4) is 0 Å². The zero-order valence-electron chi connectivity index (χ0n) is 15.7. The molecule has 0 aliphatic heterocycles. The number of aryl methyl sites for hydroxylation is 2. The van der Waals surface area contributed by atoms with Gasteiger partial charge in [0.05, 0.1) is 15.5 Å². The molecule has 0 aliphatic carbocycles. The summed E-state index contributed by atoms with van der Waals surface area (Å²) in [5, 5.41) is 3.42. The number of hydrogen-bond donors (Lipinski definition) is 2. The van der Waals surface area contributed by atoms with Gasteiger partial charge in [-0.15, -0.1) is 0 Å². The van der Waals surface area contributed by atoms with Crippen molar-refractivity contribution < 1.29 is 13.2 Å². The van der Waals surface area contributed by atoms with Crippen molar-refractivity contribution in [2.75, 3.05) is 10.0 Å². The molecule has 0 spiro atoms. The van der Waals surface area contributed by atoms with Gasteiger partial charge in [0, 0.05) is 16.4 Å². The second-order valence-corrected chi connectivity index (χ2v) is 9.03. The van der Waals surface area contributed by atoms with Crippen molar-refractivity contribution in [2.24, 2.45) is 0 Å². The highest BCUT2D eigenvalue weighted by Crippen LogP contribution is 2.25. The smallest absolute Gasteiger partial charge is 0.261 e. The third-order valence-electron chi connectivity index (χ3n) is 4.35. The second kappa shape index (κ2) is 8.45. The van der Waals surface area contributed by atoms with Gasteiger partial charge in [-0.3, -0.25) is 9.52 Å². The number of nitrogens with one attached hydrogen (secondary N) is 2. The number of sulfonamides is 1. The van der Waals surface area contributed by atoms with E-state index in [-0.39, 0.29) is 21.2 Å². The Morgan fingerprint density at radius 2 is 1.48 bits per heavy atom. The van der Waals surface area contributed by atoms with Crippen LogP contribution >= 0.6 is 23.2 Å². The molecule has 0 radical (unpaired) electrons. The molecule has 5 nitrogen and oxygen atoms in total. The van der Waals surface area contributed by atoms with E-state index in [0.717, 1.165) is 11.1 Å². The van der Waals surface area contributed by atoms with E-state index in [1.165, 1.54) is 42.5 Å². The van der Waals surface area contributed by atoms with Crippen molar-refractivity contribution in [1.29, 1.82) is 0 Å². The van der Waals surface area contributed by atoms with Crippen LogP contribution in [0.2, 0.25) is 10.0 Å². The van der Waals surface area contributed by atoms with Crippen LogP contribution in [0, 0.1) is 13.8 Å². The largest absolute Gasteiger partial charge is 0.322 e. The Bertz CT molecular complexity index is 1180. The van der Waals surface area contributed by atoms with Crippen molar-refractivity contribution in [3.05, 3.63) is 87.4 Å². The minimum absolute atomic E-state index is 0.0537. The first-order valence-corrected chi connectivity index (χ1v) is 10.9. The van der Waals surface area contributed by atoms with Crippen LogP contribution in [0.15, 0.2) is 65.6 Å². The number of carbonyl (C=O) groups is 1. The average molecular weight is 449 g/mol. The fourth-order valence-electron chi connectivity index (χ4n) is 2.61. The molecule has 0 saturated carbocycles. The maximum Gasteiger partial charge on any atom is 0.261 e. The molecule has 1 amide bonds. The Labute approximate surface area is 179 Å². The minimum Gasteiger partial charge on any atom is -0.322 e. The lowest BCUT2D eigenvalue weighted by molar-refractivity contribution is 0.102. The maximum atomic E-state index is 12.7. The van der Waals surface area contributed by atoms with Crippen LogP contribution in [0.25, 0.3) is 0 Å². The summed E-state index contributed by atoms with van der Waals surface area (Å²) in [5.74, 6) is -0.439. The van der Waals surface area contributed by atoms with Gasteiger partial charge in [-0.1, -0.05) is 29.3 Å². The molecule has 8 heteroatoms. The van der Waals surface area contributed by atoms with E-state index in [1.54, 1.807) is 6.07 Å². The lowest BCUT2D eigenvalue weighted by atomic mass is 10.1. The van der Waals surface area contributed by atoms with E-state index >= 15 is 0 Å². The summed E-state index contributed by atoms with van der Waals surface area (Å²) in [6, 6.07) is 15.7. The SMILES string of the molecule is Cc1ccc(NC(=O)c2cc(NS(=O)(=O)c3ccc(Cl)cc3)ccc2Cl)cc1C. The highest BCUT2D eigenvalue weighted by molar-refractivity contribution is 7.92. The number of carbonyl (C=O) groups excluding carboxylic acids is 1. The molecule has 0 aromatic heterocycles. The lowest BCUT2D eigenvalue weighted by Crippen LogP contribution is -2.15. The average Bonchev–Trinajstić information content (AvgIpc) is 2.66. The highest BCUT2D eigenvalue weighted by Gasteiger charge is 2.17. The van der Waals surface area contributed by atoms with Crippen molar-refractivity contribution in [3.63, 3.8) is 0 Å². The minimum atomic E-state index is -3.84. The summed E-state index contributed by atoms with van der Waals surface area (Å²) in [6.45, 7) is 3.93. The predicted molar refractivity (Wildman–Crippen MR) is 118 cm³/mol. The molecule has 3 aromatic carbocycles. The molecule has 2 N–H and O–H groups in total. The summed E-state index contributed by atoms with van der Waals surface area (Å²) in [7, 11) is -3.84. The Morgan fingerprint density at radius 3 is 2.14 bits per heavy atom. The van der Waals surface area contributed by atoms with Crippen LogP contribution in [-0.2, 0) is 10.0 Å². The van der Waals surface area contributed by atoms with Crippen molar-refractivity contribution in [1.82, 2.24) is 0 Å². The maximum absolute atomic E-state index is 12.7. The number of benzene rings is 3. The first-order chi connectivity index (χ1) is 13.7. The third-order valence-corrected chi connectivity index (χ3v) is 6.33. The second-order valence-electron chi connectivity index (χ2n) is 6.51. The van der Waals surface area contributed by atoms with Crippen LogP contribution in [0.1, 0.15) is 21.5 Å². The van der Waals surface area contributed by atoms with Crippen LogP contribution in [0.3, 0.4) is 0 Å². The molecule has 0 aliphatic rings. The topological polar surface area (TPSA) is 75.3 Å². The van der Waals surface area contributed by atoms with Crippen molar-refractivity contribution >= 4 is 50.5 Å². The quantitative estimate of drug-likeness (QED) is 0.528. The van der Waals surface area contributed by atoms with Gasteiger partial charge in [-0.2, -0.15) is 0 Å². The van der Waals surface area contributed by atoms with Gasteiger partial charge >= 0.3 is 0 Å². The van der Waals surface area contributed by atoms with Crippen LogP contribution < -0.4 is 10.0 Å². The molecule has 29 heavy (non-hydrogen) atoms. The van der Waals surface area contributed by atoms with E-state index in [4.69, 9.17) is 23.2 Å². The zero-order chi connectivity index (χ0) is 21.2. The molecule has 0 heterocycles. The number of hydrogen-bond acceptors (Lipinski definition) is 3. The van der Waals surface area contributed by atoms with Crippen LogP contribution in [0.5, 0.6) is 0 Å². The highest BCUT2D eigenvalue weighted by atomic mass is 35.5. The van der Waals surface area contributed by atoms with E-state index in [1.807, 2.05) is 26.0 Å². The molecule has 150 valence electrons. The van der Waals surface area contributed by atoms with E-state index < -0.39 is 15.9 Å². The monoisotopic (exact) mass is 448 g/mol. The molecule has 0 saturated heterocycles. The van der Waals surface area contributed by atoms with Gasteiger partial charge < -0.3 is 5.32 Å². The standard InChI is InChI=1S/C21H18Cl2N2O3S/c1-13-3-6-16(11-14(13)2)24-21(26)19-12-17(7-10-20(19)23)25-29(27,28)18-8-4-15(22)5-9-18/h3-12,25H,1-2H3,(H,24,26). The number of rotatable bonds is 5. The molecular weight excluding hydrogens is 431 g/mol. The van der Waals surface area contributed by atoms with E-state index in [0.29, 0.717) is 10.7 Å². The Morgan fingerprint density at radius 1 is 0.828 bits per heavy atom. The molecule has 0 bridgehead atoms. The van der Waals surface area contributed by atoms with Crippen LogP contribution in [0.4, 0.5) is 11.4 Å². The number of anilines is 2. The Balaban J connectivity index is 1.84. The molecular formula is C21H18Cl2N2O3S. The fourth-order valence-corrected chi connectivity index (χ4v) is 3.99. The first kappa shape index (κ1) is 21.2. The van der Waals surface area contributed by atoms with Gasteiger partial charge in [0.1, 0.15) is 0 Å². The van der Waals surface area contributed by atoms with Gasteiger partial charge in [0.2, 0.25) is 0 Å². The zero-order valence-corrected chi connectivity index (χ0v) is 18.0. The summed E-state index contributed by atoms with van der Waals surface area (Å²) < 4.78 is 27.6. The van der Waals surface area contributed by atoms with Gasteiger partial charge in [0.15, 0.2) is 0 Å². The molecule has 0 fully saturated rings. The fraction of sp³-hybridized carbons (Fsp3) is 0.0952. The summed E-state index contributed by atoms with van der Waals surface area (Å²) in [5.41, 5.74) is 3.15. The number of amides is 1. The molecule has 0 atom stereocenters. The van der Waals surface area contributed by atoms with E-state index in [2.05, 4.69) is 10.0 Å². The first-order valence-electron chi connectivity index (χ1n) is 8.62. The molecule has 3 rings (SSSR count). The summed E-state index contributed by atoms with van der Waals surface area (Å²) in [4.78, 5) is 12.7. The van der Waals surface area contributed by atoms with Crippen LogP contribution in [-0.4, -0.2) is 14.3 Å². The Kier molecular flexibility index (Phi) is 6.17. The normalized spacial score (nSPS) is 11.2. The molecule has 0 unspecified atom stereocenters. The summed E-state index contributed by atoms with van der Waals surface area (Å²) in [6.07, 6.45) is 0. The van der Waals surface area contributed by atoms with Gasteiger partial charge in [-0.05, 0) is 79.6 Å². The van der Waals surface area contributed by atoms with E-state index in [9.17, 15) is 13.2 Å². The van der Waals surface area contributed by atoms with Gasteiger partial charge in [0.25, 0.3) is 15.9 Å². The Hall–Kier alpha value is -2.54. The van der Waals surface area contributed by atoms with Gasteiger partial charge in [-0.25, -0.2) is 8.42 Å². The summed E-state index contributed by atoms with van der Waals surface area (Å²) >= 11 is 12.0. The van der Waals surface area contributed by atoms with Crippen molar-refractivity contribution in [2.45, 2.75) is 18.7 Å². The molecule has 3 aromatic rings. The number of halogens is 2. The lowest BCUT2D eigenvalue weighted by Gasteiger charge is -2.12.